The zero-order valence-electron chi connectivity index (χ0n) is 19.2. The molecule has 0 aromatic rings. The number of nitrogens with zero attached hydrogens (tertiary/aromatic N) is 2. The van der Waals surface area contributed by atoms with Crippen molar-refractivity contribution in [1.82, 2.24) is 20.9 Å². The van der Waals surface area contributed by atoms with Crippen molar-refractivity contribution < 1.29 is 14.3 Å². The second kappa shape index (κ2) is 12.5. The third-order valence-electron chi connectivity index (χ3n) is 3.94. The molecule has 0 bridgehead atoms. The lowest BCUT2D eigenvalue weighted by Gasteiger charge is -2.28. The quantitative estimate of drug-likeness (QED) is 0.409. The van der Waals surface area contributed by atoms with Crippen LogP contribution in [0.2, 0.25) is 0 Å². The highest BCUT2D eigenvalue weighted by molar-refractivity contribution is 5.81. The minimum atomic E-state index is -0.518. The Balaban J connectivity index is 4.51. The fourth-order valence-electron chi connectivity index (χ4n) is 2.54. The van der Waals surface area contributed by atoms with E-state index in [9.17, 15) is 9.59 Å². The maximum Gasteiger partial charge on any atom is 0.407 e. The number of carbonyl (C=O) groups is 2. The van der Waals surface area contributed by atoms with Crippen molar-refractivity contribution in [2.24, 2.45) is 10.9 Å². The van der Waals surface area contributed by atoms with Gasteiger partial charge in [0.25, 0.3) is 0 Å². The summed E-state index contributed by atoms with van der Waals surface area (Å²) in [6.45, 7) is 14.8. The third kappa shape index (κ3) is 12.4. The average Bonchev–Trinajstić information content (AvgIpc) is 2.52. The molecule has 0 saturated heterocycles. The Labute approximate surface area is 170 Å². The molecule has 2 amide bonds. The van der Waals surface area contributed by atoms with Crippen LogP contribution < -0.4 is 16.0 Å². The summed E-state index contributed by atoms with van der Waals surface area (Å²) >= 11 is 0. The molecule has 164 valence electrons. The van der Waals surface area contributed by atoms with E-state index in [0.717, 1.165) is 12.4 Å². The number of amides is 2. The predicted molar refractivity (Wildman–Crippen MR) is 115 cm³/mol. The first-order chi connectivity index (χ1) is 12.9. The second-order valence-electron chi connectivity index (χ2n) is 8.65. The molecule has 0 saturated carbocycles. The Morgan fingerprint density at radius 2 is 1.71 bits per heavy atom. The first-order valence-electron chi connectivity index (χ1n) is 10.1. The van der Waals surface area contributed by atoms with Crippen LogP contribution >= 0.6 is 0 Å². The number of aliphatic imine (C=N–C) groups is 1. The van der Waals surface area contributed by atoms with Gasteiger partial charge in [-0.25, -0.2) is 4.79 Å². The highest BCUT2D eigenvalue weighted by Gasteiger charge is 2.22. The van der Waals surface area contributed by atoms with E-state index in [0.29, 0.717) is 19.5 Å². The normalized spacial score (nSPS) is 13.3. The predicted octanol–water partition coefficient (Wildman–Crippen LogP) is 2.35. The smallest absolute Gasteiger partial charge is 0.407 e. The molecule has 0 aromatic heterocycles. The number of hydrogen-bond acceptors (Lipinski definition) is 4. The molecule has 0 aromatic carbocycles. The molecule has 0 aliphatic rings. The van der Waals surface area contributed by atoms with Crippen molar-refractivity contribution in [2.75, 3.05) is 27.2 Å². The largest absolute Gasteiger partial charge is 0.444 e. The van der Waals surface area contributed by atoms with Gasteiger partial charge in [0.1, 0.15) is 5.60 Å². The minimum Gasteiger partial charge on any atom is -0.444 e. The van der Waals surface area contributed by atoms with Crippen LogP contribution in [0.3, 0.4) is 0 Å². The number of rotatable bonds is 9. The molecule has 0 aliphatic heterocycles. The van der Waals surface area contributed by atoms with E-state index in [2.05, 4.69) is 34.8 Å². The summed E-state index contributed by atoms with van der Waals surface area (Å²) in [4.78, 5) is 30.1. The fourth-order valence-corrected chi connectivity index (χ4v) is 2.54. The Morgan fingerprint density at radius 3 is 2.18 bits per heavy atom. The van der Waals surface area contributed by atoms with Crippen molar-refractivity contribution in [2.45, 2.75) is 79.0 Å². The third-order valence-corrected chi connectivity index (χ3v) is 3.94. The Hall–Kier alpha value is -1.99. The van der Waals surface area contributed by atoms with E-state index in [1.807, 2.05) is 46.6 Å². The zero-order valence-corrected chi connectivity index (χ0v) is 19.2. The van der Waals surface area contributed by atoms with E-state index in [-0.39, 0.29) is 23.9 Å². The molecule has 1 unspecified atom stereocenters. The van der Waals surface area contributed by atoms with Crippen LogP contribution in [0.5, 0.6) is 0 Å². The summed E-state index contributed by atoms with van der Waals surface area (Å²) in [5, 5.41) is 9.03. The van der Waals surface area contributed by atoms with E-state index < -0.39 is 11.7 Å². The highest BCUT2D eigenvalue weighted by Crippen LogP contribution is 2.11. The van der Waals surface area contributed by atoms with Crippen LogP contribution in [0, 0.1) is 5.92 Å². The summed E-state index contributed by atoms with van der Waals surface area (Å²) in [7, 11) is 3.65. The maximum absolute atomic E-state index is 12.1. The number of guanidine groups is 1. The molecule has 0 aliphatic carbocycles. The van der Waals surface area contributed by atoms with Gasteiger partial charge < -0.3 is 25.6 Å². The van der Waals surface area contributed by atoms with Crippen LogP contribution in [-0.4, -0.2) is 67.7 Å². The second-order valence-corrected chi connectivity index (χ2v) is 8.65. The molecule has 8 heteroatoms. The van der Waals surface area contributed by atoms with Crippen molar-refractivity contribution in [1.29, 1.82) is 0 Å². The molecule has 0 spiro atoms. The van der Waals surface area contributed by atoms with Crippen molar-refractivity contribution in [3.8, 4) is 0 Å². The number of hydrogen-bond donors (Lipinski definition) is 3. The maximum atomic E-state index is 12.1. The highest BCUT2D eigenvalue weighted by atomic mass is 16.6. The van der Waals surface area contributed by atoms with Crippen molar-refractivity contribution >= 4 is 18.0 Å². The van der Waals surface area contributed by atoms with E-state index in [1.54, 1.807) is 7.05 Å². The van der Waals surface area contributed by atoms with Crippen LogP contribution in [0.25, 0.3) is 0 Å². The van der Waals surface area contributed by atoms with Gasteiger partial charge in [0.05, 0.1) is 0 Å². The molecule has 3 N–H and O–H groups in total. The van der Waals surface area contributed by atoms with Crippen molar-refractivity contribution in [3.05, 3.63) is 0 Å². The topological polar surface area (TPSA) is 95.1 Å². The van der Waals surface area contributed by atoms with Gasteiger partial charge >= 0.3 is 6.09 Å². The number of alkyl carbamates (subject to hydrolysis) is 1. The molecule has 0 radical (unpaired) electrons. The van der Waals surface area contributed by atoms with E-state index in [1.165, 1.54) is 0 Å². The van der Waals surface area contributed by atoms with Crippen LogP contribution in [0.4, 0.5) is 4.79 Å². The van der Waals surface area contributed by atoms with Gasteiger partial charge in [0, 0.05) is 45.7 Å². The molecule has 0 fully saturated rings. The van der Waals surface area contributed by atoms with Crippen LogP contribution in [-0.2, 0) is 9.53 Å². The number of nitrogens with one attached hydrogen (secondary N) is 3. The lowest BCUT2D eigenvalue weighted by Crippen LogP contribution is -2.45. The van der Waals surface area contributed by atoms with Crippen LogP contribution in [0.15, 0.2) is 4.99 Å². The summed E-state index contributed by atoms with van der Waals surface area (Å²) in [5.74, 6) is 1.01. The summed E-state index contributed by atoms with van der Waals surface area (Å²) < 4.78 is 5.36. The average molecular weight is 400 g/mol. The number of carbonyl (C=O) groups excluding carboxylic acids is 2. The van der Waals surface area contributed by atoms with E-state index in [4.69, 9.17) is 4.74 Å². The molecule has 1 atom stereocenters. The molecule has 28 heavy (non-hydrogen) atoms. The molecular formula is C20H41N5O3. The fraction of sp³-hybridized carbons (Fsp3) is 0.850. The summed E-state index contributed by atoms with van der Waals surface area (Å²) in [6.07, 6.45) is 0.745. The van der Waals surface area contributed by atoms with Gasteiger partial charge in [-0.05, 0) is 47.0 Å². The van der Waals surface area contributed by atoms with Gasteiger partial charge in [0.2, 0.25) is 5.91 Å². The Bertz CT molecular complexity index is 512. The Morgan fingerprint density at radius 1 is 1.11 bits per heavy atom. The molecule has 0 rings (SSSR count). The summed E-state index contributed by atoms with van der Waals surface area (Å²) in [5.41, 5.74) is -0.518. The number of ether oxygens (including phenoxy) is 1. The molecular weight excluding hydrogens is 358 g/mol. The standard InChI is InChI=1S/C20H41N5O3/c1-14(2)16(24-19(27)28-20(5,6)7)11-13-25(9)18(21-8)22-12-10-17(26)23-15(3)4/h14-16H,10-13H2,1-9H3,(H,21,22)(H,23,26)(H,24,27). The first-order valence-corrected chi connectivity index (χ1v) is 10.1. The Kier molecular flexibility index (Phi) is 11.6. The lowest BCUT2D eigenvalue weighted by atomic mass is 10.0. The van der Waals surface area contributed by atoms with Crippen molar-refractivity contribution in [3.63, 3.8) is 0 Å². The molecule has 8 nitrogen and oxygen atoms in total. The lowest BCUT2D eigenvalue weighted by molar-refractivity contribution is -0.121. The van der Waals surface area contributed by atoms with Crippen LogP contribution in [0.1, 0.15) is 61.3 Å². The van der Waals surface area contributed by atoms with Gasteiger partial charge in [-0.2, -0.15) is 0 Å². The minimum absolute atomic E-state index is 0.00720. The SMILES string of the molecule is CN=C(NCCC(=O)NC(C)C)N(C)CCC(NC(=O)OC(C)(C)C)C(C)C. The first kappa shape index (κ1) is 26.0. The summed E-state index contributed by atoms with van der Waals surface area (Å²) in [6, 6.07) is 0.132. The monoisotopic (exact) mass is 399 g/mol. The van der Waals surface area contributed by atoms with Gasteiger partial charge in [-0.1, -0.05) is 13.8 Å². The van der Waals surface area contributed by atoms with E-state index >= 15 is 0 Å². The zero-order chi connectivity index (χ0) is 21.9. The van der Waals surface area contributed by atoms with Gasteiger partial charge in [-0.3, -0.25) is 9.79 Å². The van der Waals surface area contributed by atoms with Gasteiger partial charge in [0.15, 0.2) is 5.96 Å². The van der Waals surface area contributed by atoms with Gasteiger partial charge in [-0.15, -0.1) is 0 Å². The molecule has 0 heterocycles.